The van der Waals surface area contributed by atoms with Crippen molar-refractivity contribution in [2.45, 2.75) is 78.6 Å². The van der Waals surface area contributed by atoms with Gasteiger partial charge in [-0.05, 0) is 89.2 Å². The molecule has 1 heterocycles. The maximum Gasteiger partial charge on any atom is 0.335 e. The van der Waals surface area contributed by atoms with Crippen LogP contribution in [0.5, 0.6) is 5.75 Å². The molecule has 0 saturated carbocycles. The van der Waals surface area contributed by atoms with Crippen molar-refractivity contribution in [2.75, 3.05) is 24.6 Å². The molecule has 1 saturated heterocycles. The smallest absolute Gasteiger partial charge is 0.335 e. The maximum atomic E-state index is 11.3. The van der Waals surface area contributed by atoms with Crippen molar-refractivity contribution in [1.82, 2.24) is 0 Å². The number of aromatic carboxylic acids is 1. The van der Waals surface area contributed by atoms with E-state index in [4.69, 9.17) is 4.74 Å². The first-order chi connectivity index (χ1) is 18.6. The third-order valence-electron chi connectivity index (χ3n) is 7.69. The Bertz CT molecular complexity index is 1250. The minimum absolute atomic E-state index is 0.00957. The minimum Gasteiger partial charge on any atom is -0.493 e. The van der Waals surface area contributed by atoms with Gasteiger partial charge in [0.05, 0.1) is 12.2 Å². The van der Waals surface area contributed by atoms with Crippen molar-refractivity contribution >= 4 is 11.7 Å². The number of hydrogen-bond donors (Lipinski definition) is 1. The highest BCUT2D eigenvalue weighted by atomic mass is 16.5. The molecule has 1 aliphatic heterocycles. The molecule has 1 fully saturated rings. The van der Waals surface area contributed by atoms with E-state index in [1.807, 2.05) is 12.1 Å². The van der Waals surface area contributed by atoms with Crippen molar-refractivity contribution in [3.63, 3.8) is 0 Å². The van der Waals surface area contributed by atoms with Crippen molar-refractivity contribution in [3.8, 4) is 28.0 Å². The number of anilines is 1. The van der Waals surface area contributed by atoms with Gasteiger partial charge >= 0.3 is 5.97 Å². The van der Waals surface area contributed by atoms with Crippen LogP contribution in [0.4, 0.5) is 5.69 Å². The minimum atomic E-state index is -0.910. The van der Waals surface area contributed by atoms with Crippen LogP contribution < -0.4 is 9.64 Å². The van der Waals surface area contributed by atoms with Gasteiger partial charge in [-0.1, -0.05) is 78.1 Å². The summed E-state index contributed by atoms with van der Waals surface area (Å²) in [6.07, 6.45) is 7.24. The molecule has 0 radical (unpaired) electrons. The molecular weight excluding hydrogens is 482 g/mol. The molecule has 0 atom stereocenters. The molecule has 3 aromatic rings. The Hall–Kier alpha value is -3.27. The van der Waals surface area contributed by atoms with E-state index < -0.39 is 5.97 Å². The summed E-state index contributed by atoms with van der Waals surface area (Å²) < 4.78 is 6.41. The first kappa shape index (κ1) is 28.7. The van der Waals surface area contributed by atoms with Gasteiger partial charge in [0.2, 0.25) is 0 Å². The number of unbranched alkanes of at least 4 members (excludes halogenated alkanes) is 2. The highest BCUT2D eigenvalue weighted by molar-refractivity contribution is 5.88. The normalized spacial score (nSPS) is 13.7. The Labute approximate surface area is 235 Å². The molecule has 0 unspecified atom stereocenters. The predicted molar refractivity (Wildman–Crippen MR) is 163 cm³/mol. The van der Waals surface area contributed by atoms with E-state index in [2.05, 4.69) is 75.9 Å². The predicted octanol–water partition coefficient (Wildman–Crippen LogP) is 9.21. The summed E-state index contributed by atoms with van der Waals surface area (Å²) in [5.41, 5.74) is 7.28. The van der Waals surface area contributed by atoms with Gasteiger partial charge in [-0.25, -0.2) is 4.79 Å². The quantitative estimate of drug-likeness (QED) is 0.253. The van der Waals surface area contributed by atoms with E-state index in [-0.39, 0.29) is 5.41 Å². The fraction of sp³-hybridized carbons (Fsp3) is 0.457. The van der Waals surface area contributed by atoms with Gasteiger partial charge in [0, 0.05) is 24.3 Å². The van der Waals surface area contributed by atoms with Crippen molar-refractivity contribution in [2.24, 2.45) is 5.92 Å². The zero-order chi connectivity index (χ0) is 28.0. The molecule has 4 nitrogen and oxygen atoms in total. The topological polar surface area (TPSA) is 49.8 Å². The first-order valence-electron chi connectivity index (χ1n) is 14.6. The molecule has 39 heavy (non-hydrogen) atoms. The number of benzene rings is 3. The zero-order valence-corrected chi connectivity index (χ0v) is 24.4. The van der Waals surface area contributed by atoms with Crippen LogP contribution in [0, 0.1) is 5.92 Å². The molecular formula is C35H45NO3. The Balaban J connectivity index is 1.69. The second-order valence-corrected chi connectivity index (χ2v) is 12.4. The maximum absolute atomic E-state index is 11.3. The third-order valence-corrected chi connectivity index (χ3v) is 7.69. The third kappa shape index (κ3) is 7.44. The molecule has 0 spiro atoms. The lowest BCUT2D eigenvalue weighted by Gasteiger charge is -2.29. The summed E-state index contributed by atoms with van der Waals surface area (Å²) in [5.74, 6) is 0.737. The van der Waals surface area contributed by atoms with Gasteiger partial charge in [0.25, 0.3) is 0 Å². The van der Waals surface area contributed by atoms with E-state index in [0.717, 1.165) is 53.4 Å². The van der Waals surface area contributed by atoms with Crippen LogP contribution in [0.25, 0.3) is 22.3 Å². The van der Waals surface area contributed by atoms with E-state index in [1.165, 1.54) is 43.4 Å². The molecule has 1 aliphatic rings. The molecule has 0 amide bonds. The molecule has 4 rings (SSSR count). The Morgan fingerprint density at radius 1 is 0.872 bits per heavy atom. The van der Waals surface area contributed by atoms with Crippen LogP contribution in [-0.2, 0) is 5.41 Å². The Kier molecular flexibility index (Phi) is 9.37. The number of hydrogen-bond acceptors (Lipinski definition) is 3. The van der Waals surface area contributed by atoms with E-state index in [0.29, 0.717) is 12.2 Å². The summed E-state index contributed by atoms with van der Waals surface area (Å²) in [7, 11) is 0. The summed E-state index contributed by atoms with van der Waals surface area (Å²) >= 11 is 0. The summed E-state index contributed by atoms with van der Waals surface area (Å²) in [5, 5.41) is 9.31. The van der Waals surface area contributed by atoms with Crippen molar-refractivity contribution < 1.29 is 14.6 Å². The van der Waals surface area contributed by atoms with Crippen LogP contribution in [0.2, 0.25) is 0 Å². The lowest BCUT2D eigenvalue weighted by atomic mass is 9.83. The van der Waals surface area contributed by atoms with Crippen LogP contribution in [0.3, 0.4) is 0 Å². The second-order valence-electron chi connectivity index (χ2n) is 12.4. The average molecular weight is 528 g/mol. The number of ether oxygens (including phenoxy) is 1. The zero-order valence-electron chi connectivity index (χ0n) is 24.4. The van der Waals surface area contributed by atoms with Crippen LogP contribution in [0.15, 0.2) is 60.7 Å². The summed E-state index contributed by atoms with van der Waals surface area (Å²) in [6.45, 7) is 14.4. The molecule has 4 heteroatoms. The van der Waals surface area contributed by atoms with Gasteiger partial charge < -0.3 is 14.7 Å². The van der Waals surface area contributed by atoms with Gasteiger partial charge in [0.15, 0.2) is 0 Å². The van der Waals surface area contributed by atoms with E-state index >= 15 is 0 Å². The number of carbonyl (C=O) groups is 1. The van der Waals surface area contributed by atoms with Crippen LogP contribution in [0.1, 0.15) is 89.1 Å². The molecule has 0 bridgehead atoms. The summed E-state index contributed by atoms with van der Waals surface area (Å²) in [6, 6.07) is 20.4. The van der Waals surface area contributed by atoms with Gasteiger partial charge in [-0.3, -0.25) is 0 Å². The average Bonchev–Trinajstić information content (AvgIpc) is 3.45. The number of rotatable bonds is 11. The lowest BCUT2D eigenvalue weighted by Crippen LogP contribution is -2.23. The Morgan fingerprint density at radius 2 is 1.54 bits per heavy atom. The van der Waals surface area contributed by atoms with Crippen molar-refractivity contribution in [3.05, 3.63) is 71.8 Å². The van der Waals surface area contributed by atoms with Gasteiger partial charge in [-0.15, -0.1) is 0 Å². The molecule has 208 valence electrons. The number of carboxylic acids is 1. The summed E-state index contributed by atoms with van der Waals surface area (Å²) in [4.78, 5) is 13.9. The molecule has 0 aromatic heterocycles. The highest BCUT2D eigenvalue weighted by Gasteiger charge is 2.24. The number of carboxylic acid groups (broad SMARTS) is 1. The lowest BCUT2D eigenvalue weighted by molar-refractivity contribution is 0.0697. The van der Waals surface area contributed by atoms with Crippen molar-refractivity contribution in [1.29, 1.82) is 0 Å². The van der Waals surface area contributed by atoms with E-state index in [9.17, 15) is 9.90 Å². The fourth-order valence-corrected chi connectivity index (χ4v) is 5.42. The second kappa shape index (κ2) is 12.7. The van der Waals surface area contributed by atoms with Gasteiger partial charge in [0.1, 0.15) is 5.75 Å². The largest absolute Gasteiger partial charge is 0.493 e. The standard InChI is InChI=1S/C35H45NO3/c1-25(2)11-7-6-10-22-39-33-19-17-28(26-12-14-27(15-13-26)34(37)38)23-30(33)29-16-18-32(36-20-8-9-21-36)31(24-29)35(3,4)5/h12-19,23-25H,6-11,20-22H2,1-5H3,(H,37,38). The Morgan fingerprint density at radius 3 is 2.18 bits per heavy atom. The van der Waals surface area contributed by atoms with E-state index in [1.54, 1.807) is 12.1 Å². The first-order valence-corrected chi connectivity index (χ1v) is 14.6. The number of nitrogens with zero attached hydrogens (tertiary/aromatic N) is 1. The fourth-order valence-electron chi connectivity index (χ4n) is 5.42. The highest BCUT2D eigenvalue weighted by Crippen LogP contribution is 2.40. The molecule has 0 aliphatic carbocycles. The van der Waals surface area contributed by atoms with Gasteiger partial charge in [-0.2, -0.15) is 0 Å². The monoisotopic (exact) mass is 527 g/mol. The molecule has 1 N–H and O–H groups in total. The van der Waals surface area contributed by atoms with Crippen LogP contribution >= 0.6 is 0 Å². The SMILES string of the molecule is CC(C)CCCCCOc1ccc(-c2ccc(C(=O)O)cc2)cc1-c1ccc(N2CCCC2)c(C(C)(C)C)c1. The van der Waals surface area contributed by atoms with Crippen LogP contribution in [-0.4, -0.2) is 30.8 Å². The molecule has 3 aromatic carbocycles.